The lowest BCUT2D eigenvalue weighted by Crippen LogP contribution is -2.13. The van der Waals surface area contributed by atoms with E-state index in [1.54, 1.807) is 84.9 Å². The highest BCUT2D eigenvalue weighted by atomic mass is 32.2. The second-order valence-corrected chi connectivity index (χ2v) is 14.1. The van der Waals surface area contributed by atoms with Gasteiger partial charge in [-0.05, 0) is 135 Å². The van der Waals surface area contributed by atoms with Crippen molar-refractivity contribution in [2.45, 2.75) is 37.5 Å². The van der Waals surface area contributed by atoms with E-state index in [-0.39, 0.29) is 21.6 Å². The average Bonchev–Trinajstić information content (AvgIpc) is 3.11. The number of ether oxygens (including phenoxy) is 2. The van der Waals surface area contributed by atoms with Crippen LogP contribution >= 0.6 is 0 Å². The molecule has 2 amide bonds. The van der Waals surface area contributed by atoms with Gasteiger partial charge in [0, 0.05) is 34.6 Å². The van der Waals surface area contributed by atoms with Crippen LogP contribution in [0, 0.1) is 27.7 Å². The Kier molecular flexibility index (Phi) is 10.0. The van der Waals surface area contributed by atoms with Gasteiger partial charge in [0.1, 0.15) is 23.0 Å². The van der Waals surface area contributed by atoms with Gasteiger partial charge in [0.15, 0.2) is 0 Å². The monoisotopic (exact) mass is 696 g/mol. The van der Waals surface area contributed by atoms with Crippen molar-refractivity contribution in [2.75, 3.05) is 10.6 Å². The molecule has 0 aliphatic rings. The number of amides is 2. The molecule has 0 aliphatic heterocycles. The molecule has 0 radical (unpaired) electrons. The Morgan fingerprint density at radius 2 is 0.843 bits per heavy atom. The zero-order valence-corrected chi connectivity index (χ0v) is 29.4. The number of anilines is 2. The van der Waals surface area contributed by atoms with E-state index in [1.165, 1.54) is 24.3 Å². The molecule has 9 heteroatoms. The molecule has 8 nitrogen and oxygen atoms in total. The van der Waals surface area contributed by atoms with Gasteiger partial charge in [-0.25, -0.2) is 8.42 Å². The summed E-state index contributed by atoms with van der Waals surface area (Å²) in [5, 5.41) is 5.83. The molecule has 0 saturated carbocycles. The van der Waals surface area contributed by atoms with E-state index in [0.717, 1.165) is 22.3 Å². The Hall–Kier alpha value is -6.19. The zero-order chi connectivity index (χ0) is 36.1. The van der Waals surface area contributed by atoms with Gasteiger partial charge in [-0.3, -0.25) is 9.59 Å². The predicted octanol–water partition coefficient (Wildman–Crippen LogP) is 9.84. The summed E-state index contributed by atoms with van der Waals surface area (Å²) in [4.78, 5) is 26.0. The molecule has 0 heterocycles. The van der Waals surface area contributed by atoms with E-state index in [1.807, 2.05) is 52.0 Å². The molecule has 0 spiro atoms. The number of carbonyl (C=O) groups excluding carboxylic acids is 2. The molecule has 6 aromatic rings. The molecule has 51 heavy (non-hydrogen) atoms. The number of hydrogen-bond acceptors (Lipinski definition) is 6. The second-order valence-electron chi connectivity index (χ2n) is 12.1. The molecule has 256 valence electrons. The maximum absolute atomic E-state index is 13.4. The lowest BCUT2D eigenvalue weighted by Gasteiger charge is -2.12. The first-order chi connectivity index (χ1) is 24.5. The first kappa shape index (κ1) is 34.7. The fourth-order valence-corrected chi connectivity index (χ4v) is 6.71. The van der Waals surface area contributed by atoms with E-state index >= 15 is 0 Å². The van der Waals surface area contributed by atoms with Crippen LogP contribution in [0.25, 0.3) is 0 Å². The van der Waals surface area contributed by atoms with Crippen molar-refractivity contribution in [3.63, 3.8) is 0 Å². The van der Waals surface area contributed by atoms with E-state index in [9.17, 15) is 18.0 Å². The lowest BCUT2D eigenvalue weighted by atomic mass is 10.0. The summed E-state index contributed by atoms with van der Waals surface area (Å²) in [5.41, 5.74) is 6.23. The summed E-state index contributed by atoms with van der Waals surface area (Å²) in [6.07, 6.45) is 0. The predicted molar refractivity (Wildman–Crippen MR) is 199 cm³/mol. The normalized spacial score (nSPS) is 11.1. The van der Waals surface area contributed by atoms with Crippen LogP contribution in [0.15, 0.2) is 143 Å². The fourth-order valence-electron chi connectivity index (χ4n) is 5.45. The van der Waals surface area contributed by atoms with Crippen molar-refractivity contribution in [3.8, 4) is 23.0 Å². The summed E-state index contributed by atoms with van der Waals surface area (Å²) >= 11 is 0. The first-order valence-corrected chi connectivity index (χ1v) is 17.7. The topological polar surface area (TPSA) is 111 Å². The highest BCUT2D eigenvalue weighted by molar-refractivity contribution is 7.91. The van der Waals surface area contributed by atoms with Gasteiger partial charge in [0.25, 0.3) is 11.8 Å². The maximum Gasteiger partial charge on any atom is 0.255 e. The van der Waals surface area contributed by atoms with Gasteiger partial charge in [0.2, 0.25) is 9.84 Å². The Balaban J connectivity index is 1.08. The van der Waals surface area contributed by atoms with E-state index < -0.39 is 9.84 Å². The second kappa shape index (κ2) is 14.7. The molecule has 2 N–H and O–H groups in total. The van der Waals surface area contributed by atoms with Gasteiger partial charge in [0.05, 0.1) is 9.79 Å². The number of nitrogens with one attached hydrogen (secondary N) is 2. The van der Waals surface area contributed by atoms with Crippen molar-refractivity contribution in [1.82, 2.24) is 0 Å². The average molecular weight is 697 g/mol. The van der Waals surface area contributed by atoms with Gasteiger partial charge in [-0.2, -0.15) is 0 Å². The third-order valence-corrected chi connectivity index (χ3v) is 10.4. The number of rotatable bonds is 10. The van der Waals surface area contributed by atoms with Crippen LogP contribution in [-0.4, -0.2) is 20.2 Å². The molecule has 6 rings (SSSR count). The SMILES string of the molecule is Cc1cccc(C(=O)Nc2cccc(Oc3ccc(S(=O)(=O)c4ccc(Oc5cccc(NC(=O)c6cccc(C)c6C)c5)cc4)cc3)c2)c1C. The van der Waals surface area contributed by atoms with Gasteiger partial charge < -0.3 is 20.1 Å². The van der Waals surface area contributed by atoms with Crippen LogP contribution in [-0.2, 0) is 9.84 Å². The Bertz CT molecular complexity index is 2190. The molecular weight excluding hydrogens is 661 g/mol. The molecule has 0 bridgehead atoms. The number of benzene rings is 6. The largest absolute Gasteiger partial charge is 0.457 e. The van der Waals surface area contributed by atoms with Crippen molar-refractivity contribution in [1.29, 1.82) is 0 Å². The molecule has 0 unspecified atom stereocenters. The third kappa shape index (κ3) is 8.01. The minimum atomic E-state index is -3.83. The first-order valence-electron chi connectivity index (χ1n) is 16.2. The number of carbonyl (C=O) groups is 2. The molecule has 0 saturated heterocycles. The smallest absolute Gasteiger partial charge is 0.255 e. The summed E-state index contributed by atoms with van der Waals surface area (Å²) in [7, 11) is -3.83. The lowest BCUT2D eigenvalue weighted by molar-refractivity contribution is 0.101. The van der Waals surface area contributed by atoms with Crippen LogP contribution in [0.5, 0.6) is 23.0 Å². The van der Waals surface area contributed by atoms with Crippen molar-refractivity contribution >= 4 is 33.0 Å². The number of aryl methyl sites for hydroxylation is 2. The minimum absolute atomic E-state index is 0.102. The summed E-state index contributed by atoms with van der Waals surface area (Å²) < 4.78 is 38.8. The highest BCUT2D eigenvalue weighted by Gasteiger charge is 2.18. The maximum atomic E-state index is 13.4. The van der Waals surface area contributed by atoms with Crippen LogP contribution in [0.3, 0.4) is 0 Å². The Morgan fingerprint density at radius 3 is 1.24 bits per heavy atom. The number of hydrogen-bond donors (Lipinski definition) is 2. The highest BCUT2D eigenvalue weighted by Crippen LogP contribution is 2.30. The number of sulfone groups is 1. The molecule has 0 aliphatic carbocycles. The van der Waals surface area contributed by atoms with Gasteiger partial charge in [-0.15, -0.1) is 0 Å². The molecular formula is C42H36N2O6S. The van der Waals surface area contributed by atoms with E-state index in [4.69, 9.17) is 9.47 Å². The molecule has 0 aromatic heterocycles. The van der Waals surface area contributed by atoms with E-state index in [2.05, 4.69) is 10.6 Å². The zero-order valence-electron chi connectivity index (χ0n) is 28.6. The quantitative estimate of drug-likeness (QED) is 0.148. The minimum Gasteiger partial charge on any atom is -0.457 e. The van der Waals surface area contributed by atoms with Crippen molar-refractivity contribution in [2.24, 2.45) is 0 Å². The fraction of sp³-hybridized carbons (Fsp3) is 0.0952. The van der Waals surface area contributed by atoms with E-state index in [0.29, 0.717) is 45.5 Å². The van der Waals surface area contributed by atoms with Crippen molar-refractivity contribution < 1.29 is 27.5 Å². The van der Waals surface area contributed by atoms with Crippen molar-refractivity contribution in [3.05, 3.63) is 167 Å². The van der Waals surface area contributed by atoms with Crippen LogP contribution < -0.4 is 20.1 Å². The molecule has 0 atom stereocenters. The molecule has 6 aromatic carbocycles. The standard InChI is InChI=1S/C42H36N2O6S/c1-27-9-5-15-39(29(27)3)41(45)43-31-11-7-13-35(25-31)49-33-17-21-37(22-18-33)51(47,48)38-23-19-34(20-24-38)50-36-14-8-12-32(26-36)44-42(46)40-16-6-10-28(2)30(40)4/h5-26H,1-4H3,(H,43,45)(H,44,46). The summed E-state index contributed by atoms with van der Waals surface area (Å²) in [5.74, 6) is 1.40. The third-order valence-electron chi connectivity index (χ3n) is 8.62. The Labute approximate surface area is 297 Å². The molecule has 0 fully saturated rings. The van der Waals surface area contributed by atoms with Gasteiger partial charge in [-0.1, -0.05) is 36.4 Å². The summed E-state index contributed by atoms with van der Waals surface area (Å²) in [6.45, 7) is 7.75. The van der Waals surface area contributed by atoms with Crippen LogP contribution in [0.4, 0.5) is 11.4 Å². The Morgan fingerprint density at radius 1 is 0.471 bits per heavy atom. The summed E-state index contributed by atoms with van der Waals surface area (Å²) in [6, 6.07) is 37.4. The van der Waals surface area contributed by atoms with Gasteiger partial charge >= 0.3 is 0 Å². The van der Waals surface area contributed by atoms with Crippen LogP contribution in [0.2, 0.25) is 0 Å². The van der Waals surface area contributed by atoms with Crippen LogP contribution in [0.1, 0.15) is 43.0 Å².